The molecule has 10 heteroatoms. The molecule has 0 spiro atoms. The molecule has 1 aliphatic heterocycles. The van der Waals surface area contributed by atoms with E-state index in [9.17, 15) is 4.79 Å². The van der Waals surface area contributed by atoms with Crippen molar-refractivity contribution in [3.8, 4) is 23.1 Å². The standard InChI is InChI=1S/C27H25F2N7O/c1-3-23-20(7-6-18(14-30)5-4-17(2)31)26(34-16-33-23)19-12-21(28)25(22(29)13-19)27(37)36-11-10-35-9-8-32-24(35)15-36/h4-5,8-9,12-14,16H,2-3,10-11,15,30-31H2,1H3/b5-4-,18-14+. The zero-order valence-corrected chi connectivity index (χ0v) is 20.2. The lowest BCUT2D eigenvalue weighted by Gasteiger charge is -2.28. The molecule has 2 aromatic heterocycles. The van der Waals surface area contributed by atoms with Gasteiger partial charge in [-0.05, 0) is 30.7 Å². The number of hydrogen-bond acceptors (Lipinski definition) is 6. The number of fused-ring (bicyclic) bond motifs is 1. The molecule has 37 heavy (non-hydrogen) atoms. The zero-order chi connectivity index (χ0) is 26.5. The predicted octanol–water partition coefficient (Wildman–Crippen LogP) is 3.06. The van der Waals surface area contributed by atoms with Gasteiger partial charge in [-0.2, -0.15) is 0 Å². The number of hydrogen-bond donors (Lipinski definition) is 2. The summed E-state index contributed by atoms with van der Waals surface area (Å²) in [4.78, 5) is 27.1. The van der Waals surface area contributed by atoms with Crippen LogP contribution in [0.25, 0.3) is 11.3 Å². The van der Waals surface area contributed by atoms with Gasteiger partial charge in [0.25, 0.3) is 5.91 Å². The summed E-state index contributed by atoms with van der Waals surface area (Å²) in [7, 11) is 0. The van der Waals surface area contributed by atoms with Crippen molar-refractivity contribution in [2.45, 2.75) is 26.4 Å². The molecule has 0 saturated heterocycles. The molecule has 1 amide bonds. The van der Waals surface area contributed by atoms with Crippen molar-refractivity contribution in [1.29, 1.82) is 0 Å². The van der Waals surface area contributed by atoms with E-state index in [4.69, 9.17) is 11.5 Å². The lowest BCUT2D eigenvalue weighted by Crippen LogP contribution is -2.39. The summed E-state index contributed by atoms with van der Waals surface area (Å²) >= 11 is 0. The molecule has 1 aromatic carbocycles. The first-order valence-corrected chi connectivity index (χ1v) is 11.5. The van der Waals surface area contributed by atoms with E-state index in [-0.39, 0.29) is 17.8 Å². The maximum atomic E-state index is 15.3. The second kappa shape index (κ2) is 10.9. The van der Waals surface area contributed by atoms with E-state index in [0.29, 0.717) is 47.9 Å². The quantitative estimate of drug-likeness (QED) is 0.410. The van der Waals surface area contributed by atoms with Crippen molar-refractivity contribution in [2.75, 3.05) is 6.54 Å². The molecule has 0 saturated carbocycles. The Labute approximate surface area is 213 Å². The summed E-state index contributed by atoms with van der Waals surface area (Å²) in [6.45, 7) is 6.45. The molecule has 4 N–H and O–H groups in total. The monoisotopic (exact) mass is 501 g/mol. The van der Waals surface area contributed by atoms with Crippen molar-refractivity contribution in [2.24, 2.45) is 11.5 Å². The van der Waals surface area contributed by atoms with Gasteiger partial charge in [-0.3, -0.25) is 4.79 Å². The summed E-state index contributed by atoms with van der Waals surface area (Å²) in [5, 5.41) is 0. The molecule has 0 aliphatic carbocycles. The molecule has 188 valence electrons. The zero-order valence-electron chi connectivity index (χ0n) is 20.2. The smallest absolute Gasteiger partial charge is 0.260 e. The van der Waals surface area contributed by atoms with E-state index in [1.165, 1.54) is 17.4 Å². The number of nitrogens with two attached hydrogens (primary N) is 2. The van der Waals surface area contributed by atoms with E-state index in [0.717, 1.165) is 12.1 Å². The highest BCUT2D eigenvalue weighted by atomic mass is 19.1. The number of rotatable bonds is 5. The van der Waals surface area contributed by atoms with Gasteiger partial charge in [0.1, 0.15) is 29.3 Å². The maximum absolute atomic E-state index is 15.3. The van der Waals surface area contributed by atoms with E-state index < -0.39 is 23.1 Å². The van der Waals surface area contributed by atoms with Crippen LogP contribution in [0, 0.1) is 23.5 Å². The number of allylic oxidation sites excluding steroid dienone is 3. The van der Waals surface area contributed by atoms with E-state index >= 15 is 8.78 Å². The molecular weight excluding hydrogens is 476 g/mol. The SMILES string of the molecule is C=C(N)/C=C\C(C#Cc1c(CC)ncnc1-c1cc(F)c(C(=O)N2CCn3ccnc3C2)c(F)c1)=C/N. The van der Waals surface area contributed by atoms with Gasteiger partial charge in [-0.15, -0.1) is 0 Å². The molecule has 0 radical (unpaired) electrons. The Bertz CT molecular complexity index is 1470. The van der Waals surface area contributed by atoms with Crippen LogP contribution in [0.4, 0.5) is 8.78 Å². The minimum Gasteiger partial charge on any atom is -0.404 e. The van der Waals surface area contributed by atoms with Gasteiger partial charge in [0.2, 0.25) is 0 Å². The van der Waals surface area contributed by atoms with Crippen molar-refractivity contribution in [3.63, 3.8) is 0 Å². The topological polar surface area (TPSA) is 116 Å². The third-order valence-electron chi connectivity index (χ3n) is 5.81. The number of imidazole rings is 1. The highest BCUT2D eigenvalue weighted by Crippen LogP contribution is 2.28. The number of halogens is 2. The molecule has 3 aromatic rings. The molecule has 0 atom stereocenters. The predicted molar refractivity (Wildman–Crippen MR) is 135 cm³/mol. The maximum Gasteiger partial charge on any atom is 0.260 e. The lowest BCUT2D eigenvalue weighted by atomic mass is 10.0. The van der Waals surface area contributed by atoms with Crippen LogP contribution >= 0.6 is 0 Å². The van der Waals surface area contributed by atoms with E-state index in [1.807, 2.05) is 11.5 Å². The Morgan fingerprint density at radius 3 is 2.62 bits per heavy atom. The minimum atomic E-state index is -0.989. The molecule has 0 fully saturated rings. The largest absolute Gasteiger partial charge is 0.404 e. The molecule has 1 aliphatic rings. The van der Waals surface area contributed by atoms with Gasteiger partial charge in [0, 0.05) is 48.5 Å². The fourth-order valence-corrected chi connectivity index (χ4v) is 3.93. The average molecular weight is 502 g/mol. The van der Waals surface area contributed by atoms with Gasteiger partial charge in [-0.1, -0.05) is 25.3 Å². The first-order chi connectivity index (χ1) is 17.8. The highest BCUT2D eigenvalue weighted by Gasteiger charge is 2.28. The molecule has 8 nitrogen and oxygen atoms in total. The van der Waals surface area contributed by atoms with Crippen molar-refractivity contribution >= 4 is 5.91 Å². The van der Waals surface area contributed by atoms with Crippen LogP contribution in [0.5, 0.6) is 0 Å². The first-order valence-electron chi connectivity index (χ1n) is 11.5. The fourth-order valence-electron chi connectivity index (χ4n) is 3.93. The summed E-state index contributed by atoms with van der Waals surface area (Å²) < 4.78 is 32.4. The van der Waals surface area contributed by atoms with Gasteiger partial charge >= 0.3 is 0 Å². The number of aryl methyl sites for hydroxylation is 1. The Morgan fingerprint density at radius 2 is 1.95 bits per heavy atom. The van der Waals surface area contributed by atoms with Crippen molar-refractivity contribution < 1.29 is 13.6 Å². The second-order valence-electron chi connectivity index (χ2n) is 8.26. The second-order valence-corrected chi connectivity index (χ2v) is 8.26. The Kier molecular flexibility index (Phi) is 7.44. The van der Waals surface area contributed by atoms with Crippen LogP contribution in [0.1, 0.15) is 34.4 Å². The summed E-state index contributed by atoms with van der Waals surface area (Å²) in [5.74, 6) is 3.81. The van der Waals surface area contributed by atoms with Gasteiger partial charge in [0.15, 0.2) is 0 Å². The van der Waals surface area contributed by atoms with E-state index in [1.54, 1.807) is 24.5 Å². The summed E-state index contributed by atoms with van der Waals surface area (Å²) in [6, 6.07) is 2.18. The van der Waals surface area contributed by atoms with Gasteiger partial charge in [0.05, 0.1) is 23.5 Å². The minimum absolute atomic E-state index is 0.131. The molecular formula is C27H25F2N7O. The Morgan fingerprint density at radius 1 is 1.19 bits per heavy atom. The normalized spacial score (nSPS) is 13.3. The van der Waals surface area contributed by atoms with Crippen LogP contribution < -0.4 is 11.5 Å². The number of nitrogens with zero attached hydrogens (tertiary/aromatic N) is 5. The van der Waals surface area contributed by atoms with Crippen LogP contribution in [-0.4, -0.2) is 36.9 Å². The Balaban J connectivity index is 1.71. The number of aromatic nitrogens is 4. The number of amides is 1. The van der Waals surface area contributed by atoms with Gasteiger partial charge < -0.3 is 20.9 Å². The molecule has 0 unspecified atom stereocenters. The summed E-state index contributed by atoms with van der Waals surface area (Å²) in [5.41, 5.74) is 12.7. The van der Waals surface area contributed by atoms with Crippen molar-refractivity contribution in [1.82, 2.24) is 24.4 Å². The Hall–Kier alpha value is -4.78. The van der Waals surface area contributed by atoms with Gasteiger partial charge in [-0.25, -0.2) is 23.7 Å². The summed E-state index contributed by atoms with van der Waals surface area (Å²) in [6.07, 6.45) is 9.68. The third kappa shape index (κ3) is 5.41. The highest BCUT2D eigenvalue weighted by molar-refractivity contribution is 5.95. The lowest BCUT2D eigenvalue weighted by molar-refractivity contribution is 0.0697. The number of benzene rings is 1. The number of carbonyl (C=O) groups is 1. The average Bonchev–Trinajstić information content (AvgIpc) is 3.36. The number of carbonyl (C=O) groups excluding carboxylic acids is 1. The molecule has 3 heterocycles. The molecule has 0 bridgehead atoms. The van der Waals surface area contributed by atoms with Crippen LogP contribution in [-0.2, 0) is 19.5 Å². The van der Waals surface area contributed by atoms with Crippen LogP contribution in [0.15, 0.2) is 67.1 Å². The third-order valence-corrected chi connectivity index (χ3v) is 5.81. The van der Waals surface area contributed by atoms with E-state index in [2.05, 4.69) is 33.4 Å². The first kappa shape index (κ1) is 25.3. The van der Waals surface area contributed by atoms with Crippen LogP contribution in [0.2, 0.25) is 0 Å². The van der Waals surface area contributed by atoms with Crippen LogP contribution in [0.3, 0.4) is 0 Å². The molecule has 4 rings (SSSR count). The van der Waals surface area contributed by atoms with Crippen molar-refractivity contribution in [3.05, 3.63) is 101 Å². The fraction of sp³-hybridized carbons (Fsp3) is 0.185.